The van der Waals surface area contributed by atoms with Crippen LogP contribution in [0.5, 0.6) is 5.75 Å². The molecule has 1 aliphatic rings. The summed E-state index contributed by atoms with van der Waals surface area (Å²) in [7, 11) is 1.70. The predicted octanol–water partition coefficient (Wildman–Crippen LogP) is 3.35. The molecule has 2 aromatic rings. The first-order chi connectivity index (χ1) is 9.85. The minimum Gasteiger partial charge on any atom is -0.494 e. The fraction of sp³-hybridized carbons (Fsp3) is 0.353. The molecule has 1 N–H and O–H groups in total. The molecule has 3 heteroatoms. The van der Waals surface area contributed by atoms with Crippen LogP contribution in [0.15, 0.2) is 36.5 Å². The van der Waals surface area contributed by atoms with Gasteiger partial charge in [0.15, 0.2) is 0 Å². The van der Waals surface area contributed by atoms with Crippen molar-refractivity contribution >= 4 is 0 Å². The molecule has 1 aliphatic carbocycles. The Balaban J connectivity index is 2.08. The predicted molar refractivity (Wildman–Crippen MR) is 81.0 cm³/mol. The number of aromatic nitrogens is 1. The van der Waals surface area contributed by atoms with E-state index in [0.29, 0.717) is 6.04 Å². The summed E-state index contributed by atoms with van der Waals surface area (Å²) >= 11 is 0. The lowest BCUT2D eigenvalue weighted by atomic mass is 9.99. The molecule has 20 heavy (non-hydrogen) atoms. The van der Waals surface area contributed by atoms with Gasteiger partial charge in [-0.1, -0.05) is 25.1 Å². The van der Waals surface area contributed by atoms with Gasteiger partial charge in [-0.25, -0.2) is 0 Å². The summed E-state index contributed by atoms with van der Waals surface area (Å²) in [6.07, 6.45) is 4.09. The third-order valence-corrected chi connectivity index (χ3v) is 3.97. The monoisotopic (exact) mass is 268 g/mol. The molecule has 0 radical (unpaired) electrons. The molecule has 0 saturated heterocycles. The maximum atomic E-state index is 5.46. The van der Waals surface area contributed by atoms with E-state index < -0.39 is 0 Å². The van der Waals surface area contributed by atoms with Gasteiger partial charge >= 0.3 is 0 Å². The molecular weight excluding hydrogens is 248 g/mol. The quantitative estimate of drug-likeness (QED) is 0.923. The van der Waals surface area contributed by atoms with Crippen molar-refractivity contribution in [1.29, 1.82) is 0 Å². The van der Waals surface area contributed by atoms with Crippen LogP contribution in [0.4, 0.5) is 0 Å². The van der Waals surface area contributed by atoms with Gasteiger partial charge in [0.05, 0.1) is 7.11 Å². The van der Waals surface area contributed by atoms with E-state index in [-0.39, 0.29) is 0 Å². The van der Waals surface area contributed by atoms with Gasteiger partial charge in [0.2, 0.25) is 0 Å². The molecule has 1 heterocycles. The van der Waals surface area contributed by atoms with E-state index in [0.717, 1.165) is 30.8 Å². The summed E-state index contributed by atoms with van der Waals surface area (Å²) in [5.74, 6) is 0.841. The van der Waals surface area contributed by atoms with E-state index in [4.69, 9.17) is 4.74 Å². The number of rotatable bonds is 4. The van der Waals surface area contributed by atoms with E-state index in [1.54, 1.807) is 7.11 Å². The lowest BCUT2D eigenvalue weighted by molar-refractivity contribution is 0.415. The van der Waals surface area contributed by atoms with Gasteiger partial charge in [-0.3, -0.25) is 4.98 Å². The summed E-state index contributed by atoms with van der Waals surface area (Å²) in [6.45, 7) is 3.16. The number of hydrogen-bond donors (Lipinski definition) is 1. The molecule has 0 amide bonds. The lowest BCUT2D eigenvalue weighted by Crippen LogP contribution is -2.18. The molecule has 0 aliphatic heterocycles. The van der Waals surface area contributed by atoms with Crippen molar-refractivity contribution in [2.75, 3.05) is 13.7 Å². The molecule has 0 bridgehead atoms. The van der Waals surface area contributed by atoms with Gasteiger partial charge in [0.25, 0.3) is 0 Å². The van der Waals surface area contributed by atoms with E-state index in [2.05, 4.69) is 35.4 Å². The highest BCUT2D eigenvalue weighted by molar-refractivity contribution is 5.71. The number of nitrogens with zero attached hydrogens (tertiary/aromatic N) is 1. The Morgan fingerprint density at radius 2 is 2.20 bits per heavy atom. The lowest BCUT2D eigenvalue weighted by Gasteiger charge is -2.14. The van der Waals surface area contributed by atoms with Crippen LogP contribution < -0.4 is 10.1 Å². The van der Waals surface area contributed by atoms with E-state index in [1.807, 2.05) is 18.3 Å². The minimum absolute atomic E-state index is 0.477. The molecule has 104 valence electrons. The number of methoxy groups -OCH3 is 1. The summed E-state index contributed by atoms with van der Waals surface area (Å²) in [5, 5.41) is 3.56. The Labute approximate surface area is 120 Å². The molecule has 3 rings (SSSR count). The van der Waals surface area contributed by atoms with Crippen LogP contribution in [0, 0.1) is 0 Å². The second-order valence-electron chi connectivity index (χ2n) is 5.08. The zero-order valence-electron chi connectivity index (χ0n) is 12.0. The molecule has 3 nitrogen and oxygen atoms in total. The normalized spacial score (nSPS) is 17.0. The second kappa shape index (κ2) is 5.63. The first-order valence-electron chi connectivity index (χ1n) is 7.19. The molecule has 1 aromatic heterocycles. The summed E-state index contributed by atoms with van der Waals surface area (Å²) in [6, 6.07) is 10.9. The van der Waals surface area contributed by atoms with Crippen molar-refractivity contribution in [1.82, 2.24) is 10.3 Å². The number of benzene rings is 1. The molecule has 1 atom stereocenters. The van der Waals surface area contributed by atoms with Gasteiger partial charge < -0.3 is 10.1 Å². The summed E-state index contributed by atoms with van der Waals surface area (Å²) in [5.41, 5.74) is 4.98. The average molecular weight is 268 g/mol. The Bertz CT molecular complexity index is 610. The highest BCUT2D eigenvalue weighted by Gasteiger charge is 2.25. The van der Waals surface area contributed by atoms with Crippen LogP contribution in [0.3, 0.4) is 0 Å². The highest BCUT2D eigenvalue weighted by Crippen LogP contribution is 2.39. The Hall–Kier alpha value is -1.87. The Morgan fingerprint density at radius 3 is 3.00 bits per heavy atom. The first kappa shape index (κ1) is 13.1. The number of hydrogen-bond acceptors (Lipinski definition) is 3. The topological polar surface area (TPSA) is 34.2 Å². The summed E-state index contributed by atoms with van der Waals surface area (Å²) in [4.78, 5) is 4.52. The van der Waals surface area contributed by atoms with E-state index in [1.165, 1.54) is 16.7 Å². The smallest absolute Gasteiger partial charge is 0.145 e. The largest absolute Gasteiger partial charge is 0.494 e. The van der Waals surface area contributed by atoms with Gasteiger partial charge in [0.1, 0.15) is 11.4 Å². The third-order valence-electron chi connectivity index (χ3n) is 3.97. The van der Waals surface area contributed by atoms with Crippen molar-refractivity contribution in [3.05, 3.63) is 47.7 Å². The highest BCUT2D eigenvalue weighted by atomic mass is 16.5. The van der Waals surface area contributed by atoms with Crippen molar-refractivity contribution in [3.63, 3.8) is 0 Å². The van der Waals surface area contributed by atoms with Crippen molar-refractivity contribution < 1.29 is 4.74 Å². The van der Waals surface area contributed by atoms with E-state index in [9.17, 15) is 0 Å². The van der Waals surface area contributed by atoms with Crippen LogP contribution in [0.2, 0.25) is 0 Å². The van der Waals surface area contributed by atoms with Crippen LogP contribution >= 0.6 is 0 Å². The first-order valence-corrected chi connectivity index (χ1v) is 7.19. The van der Waals surface area contributed by atoms with Crippen molar-refractivity contribution in [2.45, 2.75) is 25.8 Å². The molecule has 0 fully saturated rings. The number of pyridine rings is 1. The average Bonchev–Trinajstić information content (AvgIpc) is 2.91. The Kier molecular flexibility index (Phi) is 3.70. The van der Waals surface area contributed by atoms with Gasteiger partial charge in [0, 0.05) is 17.8 Å². The Morgan fingerprint density at radius 1 is 1.30 bits per heavy atom. The maximum absolute atomic E-state index is 5.46. The zero-order chi connectivity index (χ0) is 13.9. The SMILES string of the molecule is CCNC1CCc2c(-c3ncccc3OC)cccc21. The zero-order valence-corrected chi connectivity index (χ0v) is 12.0. The standard InChI is InChI=1S/C17H20N2O/c1-3-18-15-10-9-12-13(15)6-4-7-14(12)17-16(20-2)8-5-11-19-17/h4-8,11,15,18H,3,9-10H2,1-2H3. The van der Waals surface area contributed by atoms with Crippen molar-refractivity contribution in [3.8, 4) is 17.0 Å². The molecule has 1 aromatic carbocycles. The van der Waals surface area contributed by atoms with Gasteiger partial charge in [-0.2, -0.15) is 0 Å². The van der Waals surface area contributed by atoms with Crippen LogP contribution in [0.25, 0.3) is 11.3 Å². The second-order valence-corrected chi connectivity index (χ2v) is 5.08. The molecular formula is C17H20N2O. The van der Waals surface area contributed by atoms with Crippen molar-refractivity contribution in [2.24, 2.45) is 0 Å². The molecule has 0 spiro atoms. The third kappa shape index (κ3) is 2.18. The molecule has 1 unspecified atom stereocenters. The fourth-order valence-electron chi connectivity index (χ4n) is 3.09. The number of ether oxygens (including phenoxy) is 1. The number of nitrogens with one attached hydrogen (secondary N) is 1. The minimum atomic E-state index is 0.477. The van der Waals surface area contributed by atoms with Crippen LogP contribution in [-0.2, 0) is 6.42 Å². The summed E-state index contributed by atoms with van der Waals surface area (Å²) < 4.78 is 5.46. The fourth-order valence-corrected chi connectivity index (χ4v) is 3.09. The molecule has 0 saturated carbocycles. The maximum Gasteiger partial charge on any atom is 0.145 e. The van der Waals surface area contributed by atoms with Crippen LogP contribution in [0.1, 0.15) is 30.5 Å². The van der Waals surface area contributed by atoms with Gasteiger partial charge in [-0.05, 0) is 42.6 Å². The van der Waals surface area contributed by atoms with E-state index >= 15 is 0 Å². The van der Waals surface area contributed by atoms with Crippen LogP contribution in [-0.4, -0.2) is 18.6 Å². The number of fused-ring (bicyclic) bond motifs is 1. The van der Waals surface area contributed by atoms with Gasteiger partial charge in [-0.15, -0.1) is 0 Å².